The predicted octanol–water partition coefficient (Wildman–Crippen LogP) is 5.43. The van der Waals surface area contributed by atoms with Crippen molar-refractivity contribution in [3.05, 3.63) is 34.4 Å². The van der Waals surface area contributed by atoms with E-state index >= 15 is 0 Å². The molecule has 1 fully saturated rings. The fourth-order valence-electron chi connectivity index (χ4n) is 3.92. The van der Waals surface area contributed by atoms with Crippen LogP contribution in [0.4, 0.5) is 0 Å². The first-order chi connectivity index (χ1) is 9.63. The van der Waals surface area contributed by atoms with Gasteiger partial charge in [0, 0.05) is 0 Å². The van der Waals surface area contributed by atoms with Gasteiger partial charge in [-0.3, -0.25) is 0 Å². The largest absolute Gasteiger partial charge is 0.385 e. The summed E-state index contributed by atoms with van der Waals surface area (Å²) in [6.07, 6.45) is 5.31. The lowest BCUT2D eigenvalue weighted by Crippen LogP contribution is -2.27. The molecule has 1 aliphatic carbocycles. The minimum absolute atomic E-state index is 0.351. The summed E-state index contributed by atoms with van der Waals surface area (Å²) in [5, 5.41) is 11.3. The second-order valence-electron chi connectivity index (χ2n) is 8.28. The summed E-state index contributed by atoms with van der Waals surface area (Å²) in [4.78, 5) is 0. The SMILES string of the molecule is Cc1cc(C)c(C2(O)CCCC(C(C)(C)C)CC2)cc1C. The number of benzene rings is 1. The Morgan fingerprint density at radius 1 is 0.952 bits per heavy atom. The van der Waals surface area contributed by atoms with Crippen LogP contribution in [0.2, 0.25) is 0 Å². The van der Waals surface area contributed by atoms with Gasteiger partial charge in [-0.2, -0.15) is 0 Å². The minimum Gasteiger partial charge on any atom is -0.385 e. The molecule has 118 valence electrons. The third kappa shape index (κ3) is 3.51. The van der Waals surface area contributed by atoms with E-state index in [-0.39, 0.29) is 0 Å². The van der Waals surface area contributed by atoms with E-state index in [0.717, 1.165) is 31.6 Å². The monoisotopic (exact) mass is 288 g/mol. The molecule has 0 amide bonds. The molecule has 1 N–H and O–H groups in total. The average Bonchev–Trinajstić information content (AvgIpc) is 2.56. The molecule has 0 aromatic heterocycles. The van der Waals surface area contributed by atoms with Gasteiger partial charge < -0.3 is 5.11 Å². The number of rotatable bonds is 1. The van der Waals surface area contributed by atoms with Crippen LogP contribution in [0.3, 0.4) is 0 Å². The van der Waals surface area contributed by atoms with Gasteiger partial charge in [0.25, 0.3) is 0 Å². The van der Waals surface area contributed by atoms with Crippen molar-refractivity contribution in [2.75, 3.05) is 0 Å². The summed E-state index contributed by atoms with van der Waals surface area (Å²) >= 11 is 0. The molecule has 1 nitrogen and oxygen atoms in total. The Morgan fingerprint density at radius 2 is 1.57 bits per heavy atom. The quantitative estimate of drug-likeness (QED) is 0.683. The first-order valence-electron chi connectivity index (χ1n) is 8.44. The zero-order chi connectivity index (χ0) is 15.8. The Bertz CT molecular complexity index is 509. The third-order valence-electron chi connectivity index (χ3n) is 5.62. The molecule has 0 saturated heterocycles. The van der Waals surface area contributed by atoms with Crippen LogP contribution in [0.15, 0.2) is 12.1 Å². The van der Waals surface area contributed by atoms with Crippen LogP contribution in [0.5, 0.6) is 0 Å². The van der Waals surface area contributed by atoms with Crippen LogP contribution in [0.1, 0.15) is 75.1 Å². The summed E-state index contributed by atoms with van der Waals surface area (Å²) in [5.74, 6) is 0.721. The number of hydrogen-bond acceptors (Lipinski definition) is 1. The maximum atomic E-state index is 11.3. The molecular formula is C20H32O. The number of aliphatic hydroxyl groups is 1. The van der Waals surface area contributed by atoms with Gasteiger partial charge >= 0.3 is 0 Å². The smallest absolute Gasteiger partial charge is 0.0899 e. The first-order valence-corrected chi connectivity index (χ1v) is 8.44. The van der Waals surface area contributed by atoms with Gasteiger partial charge in [0.15, 0.2) is 0 Å². The van der Waals surface area contributed by atoms with E-state index in [1.807, 2.05) is 0 Å². The molecule has 0 aliphatic heterocycles. The van der Waals surface area contributed by atoms with Gasteiger partial charge in [-0.25, -0.2) is 0 Å². The first kappa shape index (κ1) is 16.5. The lowest BCUT2D eigenvalue weighted by atomic mass is 9.75. The van der Waals surface area contributed by atoms with Gasteiger partial charge in [-0.1, -0.05) is 32.9 Å². The Labute approximate surface area is 130 Å². The van der Waals surface area contributed by atoms with E-state index in [0.29, 0.717) is 5.41 Å². The second kappa shape index (κ2) is 5.76. The molecule has 2 atom stereocenters. The highest BCUT2D eigenvalue weighted by molar-refractivity contribution is 5.39. The zero-order valence-electron chi connectivity index (χ0n) is 14.7. The summed E-state index contributed by atoms with van der Waals surface area (Å²) in [6, 6.07) is 4.46. The van der Waals surface area contributed by atoms with Gasteiger partial charge in [-0.15, -0.1) is 0 Å². The van der Waals surface area contributed by atoms with E-state index in [9.17, 15) is 5.11 Å². The van der Waals surface area contributed by atoms with Crippen molar-refractivity contribution in [1.82, 2.24) is 0 Å². The van der Waals surface area contributed by atoms with Gasteiger partial charge in [0.2, 0.25) is 0 Å². The van der Waals surface area contributed by atoms with E-state index in [1.165, 1.54) is 28.7 Å². The van der Waals surface area contributed by atoms with Crippen LogP contribution in [-0.2, 0) is 5.60 Å². The molecule has 0 bridgehead atoms. The molecule has 2 rings (SSSR count). The summed E-state index contributed by atoms with van der Waals surface area (Å²) in [7, 11) is 0. The van der Waals surface area contributed by atoms with Crippen molar-refractivity contribution in [3.8, 4) is 0 Å². The highest BCUT2D eigenvalue weighted by Crippen LogP contribution is 2.44. The molecule has 1 heteroatoms. The molecule has 21 heavy (non-hydrogen) atoms. The molecular weight excluding hydrogens is 256 g/mol. The van der Waals surface area contributed by atoms with Crippen molar-refractivity contribution in [2.24, 2.45) is 11.3 Å². The van der Waals surface area contributed by atoms with Crippen molar-refractivity contribution >= 4 is 0 Å². The number of aryl methyl sites for hydroxylation is 3. The van der Waals surface area contributed by atoms with Crippen molar-refractivity contribution < 1.29 is 5.11 Å². The maximum absolute atomic E-state index is 11.3. The summed E-state index contributed by atoms with van der Waals surface area (Å²) in [5.41, 5.74) is 4.75. The molecule has 0 spiro atoms. The van der Waals surface area contributed by atoms with Crippen LogP contribution >= 0.6 is 0 Å². The fraction of sp³-hybridized carbons (Fsp3) is 0.700. The normalized spacial score (nSPS) is 27.5. The lowest BCUT2D eigenvalue weighted by molar-refractivity contribution is 0.0173. The Morgan fingerprint density at radius 3 is 2.19 bits per heavy atom. The third-order valence-corrected chi connectivity index (χ3v) is 5.62. The van der Waals surface area contributed by atoms with Gasteiger partial charge in [-0.05, 0) is 86.5 Å². The van der Waals surface area contributed by atoms with Crippen LogP contribution in [0, 0.1) is 32.1 Å². The fourth-order valence-corrected chi connectivity index (χ4v) is 3.92. The van der Waals surface area contributed by atoms with E-state index < -0.39 is 5.60 Å². The Balaban J connectivity index is 2.29. The predicted molar refractivity (Wildman–Crippen MR) is 90.6 cm³/mol. The average molecular weight is 288 g/mol. The summed E-state index contributed by atoms with van der Waals surface area (Å²) in [6.45, 7) is 13.5. The molecule has 0 heterocycles. The zero-order valence-corrected chi connectivity index (χ0v) is 14.7. The van der Waals surface area contributed by atoms with Crippen molar-refractivity contribution in [2.45, 2.75) is 79.2 Å². The van der Waals surface area contributed by atoms with E-state index in [4.69, 9.17) is 0 Å². The van der Waals surface area contributed by atoms with Gasteiger partial charge in [0.1, 0.15) is 0 Å². The highest BCUT2D eigenvalue weighted by Gasteiger charge is 2.36. The Kier molecular flexibility index (Phi) is 4.54. The van der Waals surface area contributed by atoms with Crippen LogP contribution < -0.4 is 0 Å². The van der Waals surface area contributed by atoms with Gasteiger partial charge in [0.05, 0.1) is 5.60 Å². The molecule has 1 aromatic carbocycles. The molecule has 1 aromatic rings. The topological polar surface area (TPSA) is 20.2 Å². The molecule has 2 unspecified atom stereocenters. The molecule has 1 saturated carbocycles. The van der Waals surface area contributed by atoms with E-state index in [1.54, 1.807) is 0 Å². The van der Waals surface area contributed by atoms with Crippen molar-refractivity contribution in [1.29, 1.82) is 0 Å². The van der Waals surface area contributed by atoms with E-state index in [2.05, 4.69) is 53.7 Å². The number of hydrogen-bond donors (Lipinski definition) is 1. The summed E-state index contributed by atoms with van der Waals surface area (Å²) < 4.78 is 0. The second-order valence-corrected chi connectivity index (χ2v) is 8.28. The molecule has 0 radical (unpaired) electrons. The maximum Gasteiger partial charge on any atom is 0.0899 e. The van der Waals surface area contributed by atoms with Crippen LogP contribution in [-0.4, -0.2) is 5.11 Å². The minimum atomic E-state index is -0.622. The standard InChI is InChI=1S/C20H32O/c1-14-12-16(3)18(13-15(14)2)20(21)10-7-8-17(9-11-20)19(4,5)6/h12-13,17,21H,7-11H2,1-6H3. The highest BCUT2D eigenvalue weighted by atomic mass is 16.3. The van der Waals surface area contributed by atoms with Crippen LogP contribution in [0.25, 0.3) is 0 Å². The Hall–Kier alpha value is -0.820. The van der Waals surface area contributed by atoms with Crippen molar-refractivity contribution in [3.63, 3.8) is 0 Å². The lowest BCUT2D eigenvalue weighted by Gasteiger charge is -2.32. The molecule has 1 aliphatic rings.